The maximum atomic E-state index is 11.5. The number of benzene rings is 1. The molecule has 0 spiro atoms. The minimum atomic E-state index is -0.0274. The molecule has 0 bridgehead atoms. The van der Waals surface area contributed by atoms with Crippen LogP contribution >= 0.6 is 22.6 Å². The second-order valence-electron chi connectivity index (χ2n) is 2.99. The molecule has 0 aliphatic carbocycles. The van der Waals surface area contributed by atoms with Gasteiger partial charge in [0.15, 0.2) is 5.78 Å². The highest BCUT2D eigenvalue weighted by Crippen LogP contribution is 2.23. The highest BCUT2D eigenvalue weighted by atomic mass is 127. The van der Waals surface area contributed by atoms with Crippen molar-refractivity contribution in [2.75, 3.05) is 6.54 Å². The summed E-state index contributed by atoms with van der Waals surface area (Å²) in [5.74, 6) is -0.0274. The molecule has 2 aromatic rings. The predicted octanol–water partition coefficient (Wildman–Crippen LogP) is 1.91. The van der Waals surface area contributed by atoms with Crippen LogP contribution in [0, 0.1) is 3.57 Å². The summed E-state index contributed by atoms with van der Waals surface area (Å²) in [6.07, 6.45) is 1.72. The van der Waals surface area contributed by atoms with E-state index in [9.17, 15) is 4.79 Å². The van der Waals surface area contributed by atoms with Crippen LogP contribution < -0.4 is 5.73 Å². The zero-order valence-electron chi connectivity index (χ0n) is 7.38. The Morgan fingerprint density at radius 2 is 2.29 bits per heavy atom. The van der Waals surface area contributed by atoms with Crippen LogP contribution in [-0.4, -0.2) is 17.3 Å². The fourth-order valence-electron chi connectivity index (χ4n) is 1.47. The van der Waals surface area contributed by atoms with Gasteiger partial charge < -0.3 is 10.7 Å². The van der Waals surface area contributed by atoms with E-state index < -0.39 is 0 Å². The molecule has 0 radical (unpaired) electrons. The van der Waals surface area contributed by atoms with Crippen LogP contribution in [-0.2, 0) is 0 Å². The lowest BCUT2D eigenvalue weighted by Crippen LogP contribution is -2.13. The van der Waals surface area contributed by atoms with Gasteiger partial charge in [-0.2, -0.15) is 0 Å². The molecule has 3 nitrogen and oxygen atoms in total. The number of aromatic nitrogens is 1. The number of nitrogens with one attached hydrogen (secondary N) is 1. The third kappa shape index (κ3) is 1.44. The Balaban J connectivity index is 2.73. The number of aromatic amines is 1. The van der Waals surface area contributed by atoms with Crippen LogP contribution in [0.4, 0.5) is 0 Å². The zero-order chi connectivity index (χ0) is 10.1. The lowest BCUT2D eigenvalue weighted by Gasteiger charge is -1.97. The number of halogens is 1. The number of H-pyrrole nitrogens is 1. The summed E-state index contributed by atoms with van der Waals surface area (Å²) in [6.45, 7) is 0.0535. The van der Waals surface area contributed by atoms with Gasteiger partial charge in [-0.15, -0.1) is 0 Å². The summed E-state index contributed by atoms with van der Waals surface area (Å²) in [4.78, 5) is 14.6. The van der Waals surface area contributed by atoms with Gasteiger partial charge in [0, 0.05) is 26.2 Å². The smallest absolute Gasteiger partial charge is 0.178 e. The Bertz CT molecular complexity index is 490. The first kappa shape index (κ1) is 9.67. The minimum absolute atomic E-state index is 0.0274. The molecule has 4 heteroatoms. The molecule has 3 N–H and O–H groups in total. The van der Waals surface area contributed by atoms with Crippen molar-refractivity contribution in [2.24, 2.45) is 5.73 Å². The molecule has 0 aliphatic heterocycles. The topological polar surface area (TPSA) is 58.9 Å². The van der Waals surface area contributed by atoms with E-state index in [1.165, 1.54) is 0 Å². The van der Waals surface area contributed by atoms with E-state index in [0.29, 0.717) is 5.56 Å². The molecule has 0 saturated heterocycles. The third-order valence-electron chi connectivity index (χ3n) is 2.14. The number of nitrogens with two attached hydrogens (primary N) is 1. The van der Waals surface area contributed by atoms with Crippen LogP contribution in [0.1, 0.15) is 10.4 Å². The Labute approximate surface area is 94.8 Å². The summed E-state index contributed by atoms with van der Waals surface area (Å²) in [7, 11) is 0. The number of ketones is 1. The van der Waals surface area contributed by atoms with E-state index in [4.69, 9.17) is 5.73 Å². The van der Waals surface area contributed by atoms with Gasteiger partial charge in [0.05, 0.1) is 6.54 Å². The second-order valence-corrected chi connectivity index (χ2v) is 4.15. The van der Waals surface area contributed by atoms with E-state index in [1.54, 1.807) is 6.20 Å². The molecule has 0 atom stereocenters. The van der Waals surface area contributed by atoms with Crippen molar-refractivity contribution in [3.63, 3.8) is 0 Å². The Hall–Kier alpha value is -0.880. The van der Waals surface area contributed by atoms with Gasteiger partial charge in [-0.3, -0.25) is 4.79 Å². The van der Waals surface area contributed by atoms with Gasteiger partial charge >= 0.3 is 0 Å². The number of carbonyl (C=O) groups excluding carboxylic acids is 1. The summed E-state index contributed by atoms with van der Waals surface area (Å²) in [5.41, 5.74) is 7.01. The Kier molecular flexibility index (Phi) is 2.56. The monoisotopic (exact) mass is 300 g/mol. The highest BCUT2D eigenvalue weighted by Gasteiger charge is 2.11. The molecule has 1 aromatic heterocycles. The molecule has 0 saturated carbocycles. The summed E-state index contributed by atoms with van der Waals surface area (Å²) in [6, 6.07) is 5.88. The first-order valence-electron chi connectivity index (χ1n) is 4.23. The number of hydrogen-bond donors (Lipinski definition) is 2. The van der Waals surface area contributed by atoms with Crippen molar-refractivity contribution in [1.29, 1.82) is 0 Å². The average Bonchev–Trinajstić information content (AvgIpc) is 2.62. The molecule has 1 aromatic carbocycles. The summed E-state index contributed by atoms with van der Waals surface area (Å²) in [5, 5.41) is 0.976. The van der Waals surface area contributed by atoms with Crippen molar-refractivity contribution in [2.45, 2.75) is 0 Å². The molecule has 14 heavy (non-hydrogen) atoms. The molecule has 0 amide bonds. The molecular weight excluding hydrogens is 291 g/mol. The predicted molar refractivity (Wildman–Crippen MR) is 64.4 cm³/mol. The van der Waals surface area contributed by atoms with E-state index in [0.717, 1.165) is 14.5 Å². The van der Waals surface area contributed by atoms with Gasteiger partial charge in [-0.05, 0) is 34.7 Å². The van der Waals surface area contributed by atoms with E-state index in [2.05, 4.69) is 27.6 Å². The molecular formula is C10H9IN2O. The standard InChI is InChI=1S/C10H9IN2O/c11-7-2-1-3-8-10(7)6(5-13-8)9(14)4-12/h1-3,5,13H,4,12H2. The van der Waals surface area contributed by atoms with Crippen molar-refractivity contribution in [3.8, 4) is 0 Å². The van der Waals surface area contributed by atoms with Gasteiger partial charge in [0.1, 0.15) is 0 Å². The third-order valence-corrected chi connectivity index (χ3v) is 3.04. The van der Waals surface area contributed by atoms with Crippen LogP contribution in [0.2, 0.25) is 0 Å². The Morgan fingerprint density at radius 3 is 3.00 bits per heavy atom. The lowest BCUT2D eigenvalue weighted by molar-refractivity contribution is 0.100. The van der Waals surface area contributed by atoms with Crippen molar-refractivity contribution in [3.05, 3.63) is 33.5 Å². The van der Waals surface area contributed by atoms with Crippen LogP contribution in [0.5, 0.6) is 0 Å². The van der Waals surface area contributed by atoms with Gasteiger partial charge in [0.2, 0.25) is 0 Å². The molecule has 72 valence electrons. The van der Waals surface area contributed by atoms with E-state index in [-0.39, 0.29) is 12.3 Å². The van der Waals surface area contributed by atoms with Gasteiger partial charge in [-0.25, -0.2) is 0 Å². The second kappa shape index (κ2) is 3.70. The maximum Gasteiger partial charge on any atom is 0.178 e. The van der Waals surface area contributed by atoms with Crippen LogP contribution in [0.25, 0.3) is 10.9 Å². The molecule has 0 unspecified atom stereocenters. The van der Waals surface area contributed by atoms with Crippen LogP contribution in [0.3, 0.4) is 0 Å². The fourth-order valence-corrected chi connectivity index (χ4v) is 2.26. The van der Waals surface area contributed by atoms with E-state index in [1.807, 2.05) is 18.2 Å². The molecule has 2 rings (SSSR count). The SMILES string of the molecule is NCC(=O)c1c[nH]c2cccc(I)c12. The fraction of sp³-hybridized carbons (Fsp3) is 0.100. The van der Waals surface area contributed by atoms with Gasteiger partial charge in [-0.1, -0.05) is 6.07 Å². The van der Waals surface area contributed by atoms with E-state index >= 15 is 0 Å². The van der Waals surface area contributed by atoms with Crippen LogP contribution in [0.15, 0.2) is 24.4 Å². The first-order valence-corrected chi connectivity index (χ1v) is 5.31. The molecule has 0 aliphatic rings. The first-order chi connectivity index (χ1) is 6.74. The van der Waals surface area contributed by atoms with Crippen molar-refractivity contribution < 1.29 is 4.79 Å². The summed E-state index contributed by atoms with van der Waals surface area (Å²) >= 11 is 2.22. The number of rotatable bonds is 2. The Morgan fingerprint density at radius 1 is 1.50 bits per heavy atom. The van der Waals surface area contributed by atoms with Crippen molar-refractivity contribution >= 4 is 39.3 Å². The quantitative estimate of drug-likeness (QED) is 0.657. The number of Topliss-reactive ketones (excluding diaryl/α,β-unsaturated/α-hetero) is 1. The average molecular weight is 300 g/mol. The highest BCUT2D eigenvalue weighted by molar-refractivity contribution is 14.1. The zero-order valence-corrected chi connectivity index (χ0v) is 9.54. The molecule has 0 fully saturated rings. The minimum Gasteiger partial charge on any atom is -0.360 e. The number of fused-ring (bicyclic) bond motifs is 1. The summed E-state index contributed by atoms with van der Waals surface area (Å²) < 4.78 is 1.07. The van der Waals surface area contributed by atoms with Crippen molar-refractivity contribution in [1.82, 2.24) is 4.98 Å². The normalized spacial score (nSPS) is 10.7. The number of hydrogen-bond acceptors (Lipinski definition) is 2. The maximum absolute atomic E-state index is 11.5. The molecule has 1 heterocycles. The lowest BCUT2D eigenvalue weighted by atomic mass is 10.1. The number of carbonyl (C=O) groups is 1. The largest absolute Gasteiger partial charge is 0.360 e. The van der Waals surface area contributed by atoms with Gasteiger partial charge in [0.25, 0.3) is 0 Å².